The maximum absolute atomic E-state index is 12.6. The highest BCUT2D eigenvalue weighted by atomic mass is 32.2. The van der Waals surface area contributed by atoms with Crippen molar-refractivity contribution in [3.63, 3.8) is 0 Å². The topological polar surface area (TPSA) is 127 Å². The van der Waals surface area contributed by atoms with Crippen LogP contribution in [0.5, 0.6) is 0 Å². The molecule has 31 heavy (non-hydrogen) atoms. The molecule has 0 saturated heterocycles. The summed E-state index contributed by atoms with van der Waals surface area (Å²) in [6, 6.07) is 7.68. The second-order valence-corrected chi connectivity index (χ2v) is 11.0. The zero-order valence-electron chi connectivity index (χ0n) is 17.4. The van der Waals surface area contributed by atoms with Gasteiger partial charge in [0.1, 0.15) is 5.01 Å². The van der Waals surface area contributed by atoms with Crippen molar-refractivity contribution >= 4 is 50.7 Å². The van der Waals surface area contributed by atoms with Gasteiger partial charge in [0.25, 0.3) is 10.0 Å². The second kappa shape index (κ2) is 9.71. The monoisotopic (exact) mass is 478 g/mol. The van der Waals surface area contributed by atoms with Gasteiger partial charge in [0.2, 0.25) is 11.9 Å². The highest BCUT2D eigenvalue weighted by Gasteiger charge is 2.21. The van der Waals surface area contributed by atoms with Crippen LogP contribution in [-0.4, -0.2) is 39.7 Å². The van der Waals surface area contributed by atoms with Crippen molar-refractivity contribution < 1.29 is 13.2 Å². The minimum atomic E-state index is -3.86. The number of benzene rings is 1. The summed E-state index contributed by atoms with van der Waals surface area (Å²) in [7, 11) is -3.86. The molecule has 1 unspecified atom stereocenters. The minimum Gasteiger partial charge on any atom is -0.325 e. The van der Waals surface area contributed by atoms with Gasteiger partial charge in [-0.3, -0.25) is 4.79 Å². The second-order valence-electron chi connectivity index (χ2n) is 6.70. The number of nitrogens with zero attached hydrogens (tertiary/aromatic N) is 4. The zero-order valence-corrected chi connectivity index (χ0v) is 19.9. The lowest BCUT2D eigenvalue weighted by molar-refractivity contribution is -0.115. The Kier molecular flexibility index (Phi) is 7.23. The number of sulfonamides is 1. The van der Waals surface area contributed by atoms with Crippen molar-refractivity contribution in [3.8, 4) is 0 Å². The molecule has 9 nitrogen and oxygen atoms in total. The van der Waals surface area contributed by atoms with Gasteiger partial charge < -0.3 is 5.32 Å². The predicted molar refractivity (Wildman–Crippen MR) is 122 cm³/mol. The molecule has 1 amide bonds. The van der Waals surface area contributed by atoms with Gasteiger partial charge in [-0.15, -0.1) is 10.2 Å². The van der Waals surface area contributed by atoms with Crippen LogP contribution in [-0.2, 0) is 14.8 Å². The van der Waals surface area contributed by atoms with Crippen LogP contribution in [0, 0.1) is 20.8 Å². The molecule has 3 rings (SSSR count). The van der Waals surface area contributed by atoms with E-state index in [2.05, 4.69) is 30.2 Å². The summed E-state index contributed by atoms with van der Waals surface area (Å²) >= 11 is 2.80. The lowest BCUT2D eigenvalue weighted by atomic mass is 10.3. The van der Waals surface area contributed by atoms with Gasteiger partial charge in [-0.25, -0.2) is 23.1 Å². The van der Waals surface area contributed by atoms with Crippen LogP contribution in [0.1, 0.15) is 29.7 Å². The van der Waals surface area contributed by atoms with E-state index in [1.807, 2.05) is 13.8 Å². The molecule has 164 valence electrons. The van der Waals surface area contributed by atoms with Gasteiger partial charge >= 0.3 is 0 Å². The van der Waals surface area contributed by atoms with Gasteiger partial charge in [-0.2, -0.15) is 0 Å². The van der Waals surface area contributed by atoms with E-state index in [1.54, 1.807) is 32.0 Å². The number of thioether (sulfide) groups is 1. The first-order valence-corrected chi connectivity index (χ1v) is 12.6. The number of hydrogen-bond acceptors (Lipinski definition) is 9. The predicted octanol–water partition coefficient (Wildman–Crippen LogP) is 3.56. The average molecular weight is 479 g/mol. The van der Waals surface area contributed by atoms with Gasteiger partial charge in [0.05, 0.1) is 10.1 Å². The first kappa shape index (κ1) is 23.1. The summed E-state index contributed by atoms with van der Waals surface area (Å²) in [5.74, 6) is -0.165. The lowest BCUT2D eigenvalue weighted by Gasteiger charge is -2.13. The summed E-state index contributed by atoms with van der Waals surface area (Å²) < 4.78 is 28.4. The van der Waals surface area contributed by atoms with Crippen molar-refractivity contribution in [2.45, 2.75) is 48.6 Å². The van der Waals surface area contributed by atoms with E-state index in [0.717, 1.165) is 9.35 Å². The summed E-state index contributed by atoms with van der Waals surface area (Å²) in [6.07, 6.45) is 0.613. The molecular weight excluding hydrogens is 456 g/mol. The molecule has 2 aromatic heterocycles. The zero-order chi connectivity index (χ0) is 22.6. The van der Waals surface area contributed by atoms with E-state index in [4.69, 9.17) is 0 Å². The molecule has 0 fully saturated rings. The fraction of sp³-hybridized carbons (Fsp3) is 0.316. The summed E-state index contributed by atoms with van der Waals surface area (Å²) in [6.45, 7) is 7.30. The standard InChI is InChI=1S/C19H22N6O3S3/c1-5-16(30-19-24-23-13(4)29-19)17(26)22-14-6-8-15(9-7-14)31(27,28)25-18-20-11(2)10-12(3)21-18/h6-10,16H,5H2,1-4H3,(H,22,26)(H,20,21,25). The Bertz CT molecular complexity index is 1160. The molecule has 0 spiro atoms. The first-order chi connectivity index (χ1) is 14.7. The van der Waals surface area contributed by atoms with Crippen molar-refractivity contribution in [1.29, 1.82) is 0 Å². The highest BCUT2D eigenvalue weighted by Crippen LogP contribution is 2.29. The fourth-order valence-corrected chi connectivity index (χ4v) is 5.59. The Morgan fingerprint density at radius 1 is 1.10 bits per heavy atom. The molecule has 0 aliphatic carbocycles. The molecule has 1 aromatic carbocycles. The molecule has 1 atom stereocenters. The summed E-state index contributed by atoms with van der Waals surface area (Å²) in [4.78, 5) is 20.9. The third kappa shape index (κ3) is 6.21. The maximum atomic E-state index is 12.6. The van der Waals surface area contributed by atoms with Crippen LogP contribution >= 0.6 is 23.1 Å². The van der Waals surface area contributed by atoms with Crippen LogP contribution in [0.2, 0.25) is 0 Å². The van der Waals surface area contributed by atoms with Gasteiger partial charge in [-0.05, 0) is 57.5 Å². The molecule has 0 aliphatic rings. The smallest absolute Gasteiger partial charge is 0.264 e. The fourth-order valence-electron chi connectivity index (χ4n) is 2.66. The molecule has 0 aliphatic heterocycles. The summed E-state index contributed by atoms with van der Waals surface area (Å²) in [5, 5.41) is 11.3. The largest absolute Gasteiger partial charge is 0.325 e. The van der Waals surface area contributed by atoms with Gasteiger partial charge in [0.15, 0.2) is 4.34 Å². The van der Waals surface area contributed by atoms with E-state index in [0.29, 0.717) is 23.5 Å². The molecule has 0 radical (unpaired) electrons. The molecule has 12 heteroatoms. The number of nitrogens with one attached hydrogen (secondary N) is 2. The van der Waals surface area contributed by atoms with Crippen LogP contribution in [0.4, 0.5) is 11.6 Å². The van der Waals surface area contributed by atoms with Crippen LogP contribution in [0.25, 0.3) is 0 Å². The number of carbonyl (C=O) groups excluding carboxylic acids is 1. The third-order valence-electron chi connectivity index (χ3n) is 4.05. The highest BCUT2D eigenvalue weighted by molar-refractivity contribution is 8.02. The van der Waals surface area contributed by atoms with Gasteiger partial charge in [-0.1, -0.05) is 30.0 Å². The molecule has 2 heterocycles. The molecule has 0 saturated carbocycles. The van der Waals surface area contributed by atoms with E-state index < -0.39 is 10.0 Å². The number of aryl methyl sites for hydroxylation is 3. The van der Waals surface area contributed by atoms with Crippen molar-refractivity contribution in [3.05, 3.63) is 46.7 Å². The Morgan fingerprint density at radius 2 is 1.74 bits per heavy atom. The van der Waals surface area contributed by atoms with Crippen LogP contribution < -0.4 is 10.0 Å². The first-order valence-electron chi connectivity index (χ1n) is 9.39. The average Bonchev–Trinajstić information content (AvgIpc) is 3.10. The molecule has 0 bridgehead atoms. The van der Waals surface area contributed by atoms with E-state index >= 15 is 0 Å². The number of rotatable bonds is 8. The van der Waals surface area contributed by atoms with Crippen molar-refractivity contribution in [2.75, 3.05) is 10.0 Å². The molecule has 2 N–H and O–H groups in total. The van der Waals surface area contributed by atoms with Crippen molar-refractivity contribution in [1.82, 2.24) is 20.2 Å². The van der Waals surface area contributed by atoms with E-state index in [1.165, 1.54) is 35.2 Å². The maximum Gasteiger partial charge on any atom is 0.264 e. The van der Waals surface area contributed by atoms with Crippen LogP contribution in [0.15, 0.2) is 39.6 Å². The van der Waals surface area contributed by atoms with Gasteiger partial charge in [0, 0.05) is 17.1 Å². The Balaban J connectivity index is 1.67. The molecular formula is C19H22N6O3S3. The number of aromatic nitrogens is 4. The number of carbonyl (C=O) groups is 1. The lowest BCUT2D eigenvalue weighted by Crippen LogP contribution is -2.24. The number of amides is 1. The number of hydrogen-bond donors (Lipinski definition) is 2. The Labute approximate surface area is 189 Å². The minimum absolute atomic E-state index is 0.0182. The Hall–Kier alpha value is -2.57. The van der Waals surface area contributed by atoms with E-state index in [-0.39, 0.29) is 22.0 Å². The van der Waals surface area contributed by atoms with Crippen LogP contribution in [0.3, 0.4) is 0 Å². The SMILES string of the molecule is CCC(Sc1nnc(C)s1)C(=O)Nc1ccc(S(=O)(=O)Nc2nc(C)cc(C)n2)cc1. The molecule has 3 aromatic rings. The third-order valence-corrected chi connectivity index (χ3v) is 7.69. The normalized spacial score (nSPS) is 12.4. The Morgan fingerprint density at radius 3 is 2.29 bits per heavy atom. The van der Waals surface area contributed by atoms with E-state index in [9.17, 15) is 13.2 Å². The quantitative estimate of drug-likeness (QED) is 0.471. The summed E-state index contributed by atoms with van der Waals surface area (Å²) in [5.41, 5.74) is 1.82. The van der Waals surface area contributed by atoms with Crippen molar-refractivity contribution in [2.24, 2.45) is 0 Å². The number of anilines is 2.